The van der Waals surface area contributed by atoms with E-state index in [1.807, 2.05) is 0 Å². The van der Waals surface area contributed by atoms with Crippen LogP contribution in [0, 0.1) is 17.2 Å². The highest BCUT2D eigenvalue weighted by Crippen LogP contribution is 2.17. The molecule has 226 valence electrons. The molecule has 5 amide bonds. The van der Waals surface area contributed by atoms with E-state index in [1.165, 1.54) is 0 Å². The summed E-state index contributed by atoms with van der Waals surface area (Å²) in [6.07, 6.45) is 0.562. The van der Waals surface area contributed by atoms with Crippen LogP contribution >= 0.6 is 0 Å². The lowest BCUT2D eigenvalue weighted by molar-refractivity contribution is -0.138. The number of rotatable bonds is 8. The predicted octanol–water partition coefficient (Wildman–Crippen LogP) is -0.216. The second kappa shape index (κ2) is 15.0. The number of amides is 5. The minimum atomic E-state index is -1.46. The molecule has 1 aromatic rings. The van der Waals surface area contributed by atoms with Gasteiger partial charge in [-0.2, -0.15) is 0 Å². The standard InChI is InChI=1S/C28H44N8O5/c1-16(2)20-25(40)35-21(18-10-7-6-8-11-18)24(39)31-15-13-28(5,36-22(37)17(3)4)26(41)33-19(23(38)34-20)12-9-14-32-27(29)30/h6-8,10-11,16-17,19-21H,9,12-15H2,1-5H3,(H,31,39)(H,33,41)(H,34,38)(H,35,40)(H,36,37)(H4,29,30,32)/t19-,20-,21+,28+/m0/s1. The summed E-state index contributed by atoms with van der Waals surface area (Å²) < 4.78 is 0. The van der Waals surface area contributed by atoms with E-state index in [0.29, 0.717) is 12.0 Å². The normalized spacial score (nSPS) is 24.4. The first-order valence-corrected chi connectivity index (χ1v) is 13.9. The van der Waals surface area contributed by atoms with Gasteiger partial charge in [-0.05, 0) is 37.7 Å². The van der Waals surface area contributed by atoms with Gasteiger partial charge < -0.3 is 37.6 Å². The van der Waals surface area contributed by atoms with Gasteiger partial charge in [-0.25, -0.2) is 0 Å². The molecule has 0 aliphatic carbocycles. The minimum Gasteiger partial charge on any atom is -0.370 e. The van der Waals surface area contributed by atoms with Gasteiger partial charge in [-0.15, -0.1) is 0 Å². The van der Waals surface area contributed by atoms with Crippen LogP contribution in [0.1, 0.15) is 65.5 Å². The molecule has 1 heterocycles. The third-order valence-electron chi connectivity index (χ3n) is 6.88. The van der Waals surface area contributed by atoms with Crippen molar-refractivity contribution >= 4 is 35.5 Å². The lowest BCUT2D eigenvalue weighted by Crippen LogP contribution is -2.63. The Morgan fingerprint density at radius 3 is 2.27 bits per heavy atom. The highest BCUT2D eigenvalue weighted by molar-refractivity contribution is 5.97. The number of nitrogens with two attached hydrogens (primary N) is 1. The van der Waals surface area contributed by atoms with Gasteiger partial charge in [-0.3, -0.25) is 29.4 Å². The summed E-state index contributed by atoms with van der Waals surface area (Å²) >= 11 is 0. The Morgan fingerprint density at radius 2 is 1.68 bits per heavy atom. The summed E-state index contributed by atoms with van der Waals surface area (Å²) in [7, 11) is 0. The smallest absolute Gasteiger partial charge is 0.247 e. The molecule has 1 aliphatic heterocycles. The molecule has 1 aliphatic rings. The van der Waals surface area contributed by atoms with Crippen LogP contribution in [0.3, 0.4) is 0 Å². The van der Waals surface area contributed by atoms with Gasteiger partial charge in [0.05, 0.1) is 0 Å². The first-order valence-electron chi connectivity index (χ1n) is 13.9. The molecule has 0 spiro atoms. The Hall–Kier alpha value is -4.16. The summed E-state index contributed by atoms with van der Waals surface area (Å²) in [6.45, 7) is 8.74. The maximum atomic E-state index is 13.6. The van der Waals surface area contributed by atoms with E-state index in [1.54, 1.807) is 65.0 Å². The number of benzene rings is 1. The number of guanidine groups is 1. The fraction of sp³-hybridized carbons (Fsp3) is 0.571. The number of hydrogen-bond donors (Lipinski definition) is 8. The van der Waals surface area contributed by atoms with Crippen molar-refractivity contribution in [1.29, 1.82) is 5.41 Å². The van der Waals surface area contributed by atoms with Gasteiger partial charge in [0.25, 0.3) is 0 Å². The van der Waals surface area contributed by atoms with E-state index in [4.69, 9.17) is 11.1 Å². The summed E-state index contributed by atoms with van der Waals surface area (Å²) in [5, 5.41) is 23.8. The molecule has 9 N–H and O–H groups in total. The zero-order chi connectivity index (χ0) is 30.7. The summed E-state index contributed by atoms with van der Waals surface area (Å²) in [4.78, 5) is 66.5. The summed E-state index contributed by atoms with van der Waals surface area (Å²) in [5.41, 5.74) is 4.43. The molecule has 1 aromatic carbocycles. The van der Waals surface area contributed by atoms with Crippen molar-refractivity contribution in [2.45, 2.75) is 77.5 Å². The maximum Gasteiger partial charge on any atom is 0.247 e. The Kier molecular flexibility index (Phi) is 12.1. The quantitative estimate of drug-likeness (QED) is 0.119. The Balaban J connectivity index is 2.48. The third-order valence-corrected chi connectivity index (χ3v) is 6.88. The monoisotopic (exact) mass is 572 g/mol. The second-order valence-electron chi connectivity index (χ2n) is 11.1. The molecule has 0 saturated carbocycles. The summed E-state index contributed by atoms with van der Waals surface area (Å²) in [6, 6.07) is 5.59. The third kappa shape index (κ3) is 9.76. The van der Waals surface area contributed by atoms with Crippen molar-refractivity contribution in [3.05, 3.63) is 35.9 Å². The minimum absolute atomic E-state index is 0.00728. The van der Waals surface area contributed by atoms with Crippen LogP contribution in [0.15, 0.2) is 30.3 Å². The molecular formula is C28H44N8O5. The van der Waals surface area contributed by atoms with Crippen molar-refractivity contribution in [2.24, 2.45) is 17.6 Å². The fourth-order valence-corrected chi connectivity index (χ4v) is 4.27. The van der Waals surface area contributed by atoms with E-state index in [-0.39, 0.29) is 43.7 Å². The molecule has 13 heteroatoms. The van der Waals surface area contributed by atoms with Crippen molar-refractivity contribution in [3.8, 4) is 0 Å². The maximum absolute atomic E-state index is 13.6. The predicted molar refractivity (Wildman–Crippen MR) is 154 cm³/mol. The zero-order valence-electron chi connectivity index (χ0n) is 24.4. The Bertz CT molecular complexity index is 1110. The lowest BCUT2D eigenvalue weighted by Gasteiger charge is -2.34. The van der Waals surface area contributed by atoms with Gasteiger partial charge in [-0.1, -0.05) is 58.0 Å². The van der Waals surface area contributed by atoms with Crippen LogP contribution in [0.5, 0.6) is 0 Å². The number of carbonyl (C=O) groups excluding carboxylic acids is 5. The first kappa shape index (κ1) is 33.0. The molecular weight excluding hydrogens is 528 g/mol. The van der Waals surface area contributed by atoms with Crippen LogP contribution in [0.4, 0.5) is 0 Å². The van der Waals surface area contributed by atoms with Gasteiger partial charge in [0.1, 0.15) is 23.7 Å². The van der Waals surface area contributed by atoms with Crippen LogP contribution < -0.4 is 37.6 Å². The Morgan fingerprint density at radius 1 is 1.02 bits per heavy atom. The van der Waals surface area contributed by atoms with Crippen molar-refractivity contribution < 1.29 is 24.0 Å². The average Bonchev–Trinajstić information content (AvgIpc) is 2.91. The molecule has 41 heavy (non-hydrogen) atoms. The first-order chi connectivity index (χ1) is 19.2. The van der Waals surface area contributed by atoms with Crippen LogP contribution in [-0.4, -0.2) is 66.2 Å². The highest BCUT2D eigenvalue weighted by Gasteiger charge is 2.39. The van der Waals surface area contributed by atoms with Crippen LogP contribution in [0.25, 0.3) is 0 Å². The molecule has 0 aromatic heterocycles. The molecule has 0 radical (unpaired) electrons. The topological polar surface area (TPSA) is 207 Å². The van der Waals surface area contributed by atoms with E-state index >= 15 is 0 Å². The van der Waals surface area contributed by atoms with Crippen LogP contribution in [-0.2, 0) is 24.0 Å². The van der Waals surface area contributed by atoms with Gasteiger partial charge in [0.2, 0.25) is 29.5 Å². The zero-order valence-corrected chi connectivity index (χ0v) is 24.4. The van der Waals surface area contributed by atoms with E-state index in [0.717, 1.165) is 0 Å². The molecule has 0 bridgehead atoms. The second-order valence-corrected chi connectivity index (χ2v) is 11.1. The van der Waals surface area contributed by atoms with E-state index < -0.39 is 53.2 Å². The molecule has 4 atom stereocenters. The van der Waals surface area contributed by atoms with Crippen molar-refractivity contribution in [3.63, 3.8) is 0 Å². The van der Waals surface area contributed by atoms with Crippen molar-refractivity contribution in [1.82, 2.24) is 31.9 Å². The molecule has 0 unspecified atom stereocenters. The van der Waals surface area contributed by atoms with Gasteiger partial charge in [0, 0.05) is 19.0 Å². The summed E-state index contributed by atoms with van der Waals surface area (Å²) in [5.74, 6) is -3.60. The number of carbonyl (C=O) groups is 5. The lowest BCUT2D eigenvalue weighted by atomic mass is 9.93. The molecule has 1 fully saturated rings. The average molecular weight is 573 g/mol. The van der Waals surface area contributed by atoms with E-state index in [2.05, 4.69) is 31.9 Å². The number of hydrogen-bond acceptors (Lipinski definition) is 6. The Labute approximate surface area is 241 Å². The highest BCUT2D eigenvalue weighted by atomic mass is 16.2. The number of nitrogens with one attached hydrogen (secondary N) is 7. The fourth-order valence-electron chi connectivity index (χ4n) is 4.27. The molecule has 2 rings (SSSR count). The van der Waals surface area contributed by atoms with E-state index in [9.17, 15) is 24.0 Å². The molecule has 13 nitrogen and oxygen atoms in total. The van der Waals surface area contributed by atoms with Gasteiger partial charge >= 0.3 is 0 Å². The SMILES string of the molecule is CC(C)C(=O)N[C@]1(C)CCNC(=O)[C@@H](c2ccccc2)NC(=O)[C@H](C(C)C)NC(=O)[C@H](CCCNC(=N)N)NC1=O. The van der Waals surface area contributed by atoms with Crippen LogP contribution in [0.2, 0.25) is 0 Å². The van der Waals surface area contributed by atoms with Crippen molar-refractivity contribution in [2.75, 3.05) is 13.1 Å². The molecule has 1 saturated heterocycles. The van der Waals surface area contributed by atoms with Gasteiger partial charge in [0.15, 0.2) is 5.96 Å². The largest absolute Gasteiger partial charge is 0.370 e.